The van der Waals surface area contributed by atoms with Gasteiger partial charge in [-0.3, -0.25) is 9.59 Å². The SMILES string of the molecule is CCCCC/C=C\C/C=C\CC1OC1C/C=C\CCCC(=O)O[C@@H](CO)COC(=O)CCCCCCCCCCCCCCCCC. The van der Waals surface area contributed by atoms with Crippen molar-refractivity contribution in [1.82, 2.24) is 0 Å². The van der Waals surface area contributed by atoms with Gasteiger partial charge in [-0.05, 0) is 51.4 Å². The molecule has 1 heterocycles. The van der Waals surface area contributed by atoms with Gasteiger partial charge in [-0.1, -0.05) is 153 Å². The summed E-state index contributed by atoms with van der Waals surface area (Å²) >= 11 is 0. The zero-order chi connectivity index (χ0) is 34.0. The molecule has 2 unspecified atom stereocenters. The van der Waals surface area contributed by atoms with Gasteiger partial charge in [0.1, 0.15) is 6.61 Å². The fourth-order valence-electron chi connectivity index (χ4n) is 5.71. The molecule has 0 aromatic rings. The van der Waals surface area contributed by atoms with Crippen LogP contribution in [0, 0.1) is 0 Å². The molecule has 0 spiro atoms. The van der Waals surface area contributed by atoms with Crippen LogP contribution in [0.4, 0.5) is 0 Å². The lowest BCUT2D eigenvalue weighted by Gasteiger charge is -2.15. The van der Waals surface area contributed by atoms with Gasteiger partial charge in [0, 0.05) is 12.8 Å². The maximum absolute atomic E-state index is 12.2. The quantitative estimate of drug-likeness (QED) is 0.0320. The maximum atomic E-state index is 12.2. The van der Waals surface area contributed by atoms with Crippen molar-refractivity contribution in [1.29, 1.82) is 0 Å². The summed E-state index contributed by atoms with van der Waals surface area (Å²) in [6.07, 6.45) is 42.3. The first-order chi connectivity index (χ1) is 23.1. The summed E-state index contributed by atoms with van der Waals surface area (Å²) in [5.74, 6) is -0.661. The largest absolute Gasteiger partial charge is 0.462 e. The minimum atomic E-state index is -0.803. The number of ether oxygens (including phenoxy) is 3. The highest BCUT2D eigenvalue weighted by Gasteiger charge is 2.35. The molecule has 272 valence electrons. The summed E-state index contributed by atoms with van der Waals surface area (Å²) in [5.41, 5.74) is 0. The van der Waals surface area contributed by atoms with Crippen LogP contribution in [-0.2, 0) is 23.8 Å². The molecule has 0 aliphatic carbocycles. The van der Waals surface area contributed by atoms with E-state index in [9.17, 15) is 14.7 Å². The number of aliphatic hydroxyl groups excluding tert-OH is 1. The average molecular weight is 661 g/mol. The van der Waals surface area contributed by atoms with Crippen LogP contribution < -0.4 is 0 Å². The Hall–Kier alpha value is -1.92. The number of epoxide rings is 1. The first-order valence-corrected chi connectivity index (χ1v) is 19.7. The molecular weight excluding hydrogens is 588 g/mol. The summed E-state index contributed by atoms with van der Waals surface area (Å²) in [5, 5.41) is 9.56. The highest BCUT2D eigenvalue weighted by Crippen LogP contribution is 2.29. The number of carbonyl (C=O) groups is 2. The molecule has 1 aliphatic heterocycles. The van der Waals surface area contributed by atoms with Crippen LogP contribution in [0.15, 0.2) is 36.5 Å². The molecular formula is C41H72O6. The standard InChI is InChI=1S/C41H72O6/c1-3-5-7-9-11-13-14-15-16-17-18-20-22-24-29-33-40(43)45-36-37(35-42)46-41(44)34-30-26-25-28-32-39-38(47-39)31-27-23-21-19-12-10-8-6-4-2/h12,19,23,25,27-28,37-39,42H,3-11,13-18,20-22,24,26,29-36H2,1-2H3/b19-12-,27-23-,28-25-/t37-,38?,39?/m0/s1. The summed E-state index contributed by atoms with van der Waals surface area (Å²) in [6.45, 7) is 4.05. The van der Waals surface area contributed by atoms with Crippen LogP contribution in [0.3, 0.4) is 0 Å². The molecule has 3 atom stereocenters. The molecule has 47 heavy (non-hydrogen) atoms. The van der Waals surface area contributed by atoms with Crippen LogP contribution in [-0.4, -0.2) is 48.6 Å². The summed E-state index contributed by atoms with van der Waals surface area (Å²) in [4.78, 5) is 24.3. The minimum Gasteiger partial charge on any atom is -0.462 e. The van der Waals surface area contributed by atoms with Crippen LogP contribution in [0.25, 0.3) is 0 Å². The number of carbonyl (C=O) groups excluding carboxylic acids is 2. The third-order valence-electron chi connectivity index (χ3n) is 8.84. The van der Waals surface area contributed by atoms with Gasteiger partial charge in [0.2, 0.25) is 0 Å². The molecule has 6 nitrogen and oxygen atoms in total. The molecule has 1 saturated heterocycles. The van der Waals surface area contributed by atoms with E-state index in [0.717, 1.165) is 44.9 Å². The zero-order valence-corrected chi connectivity index (χ0v) is 30.5. The average Bonchev–Trinajstić information content (AvgIpc) is 3.83. The van der Waals surface area contributed by atoms with Gasteiger partial charge in [-0.2, -0.15) is 0 Å². The van der Waals surface area contributed by atoms with Crippen molar-refractivity contribution >= 4 is 11.9 Å². The monoisotopic (exact) mass is 661 g/mol. The fourth-order valence-corrected chi connectivity index (χ4v) is 5.71. The molecule has 0 aromatic carbocycles. The molecule has 1 aliphatic rings. The predicted octanol–water partition coefficient (Wildman–Crippen LogP) is 11.1. The van der Waals surface area contributed by atoms with Crippen molar-refractivity contribution in [2.75, 3.05) is 13.2 Å². The molecule has 0 saturated carbocycles. The Morgan fingerprint density at radius 2 is 1.06 bits per heavy atom. The Balaban J connectivity index is 1.93. The molecule has 1 fully saturated rings. The van der Waals surface area contributed by atoms with Gasteiger partial charge in [-0.15, -0.1) is 0 Å². The number of unbranched alkanes of at least 4 members (excludes halogenated alkanes) is 18. The van der Waals surface area contributed by atoms with E-state index in [-0.39, 0.29) is 31.6 Å². The Morgan fingerprint density at radius 3 is 1.66 bits per heavy atom. The summed E-state index contributed by atoms with van der Waals surface area (Å²) in [6, 6.07) is 0. The van der Waals surface area contributed by atoms with E-state index in [1.54, 1.807) is 0 Å². The highest BCUT2D eigenvalue weighted by molar-refractivity contribution is 5.70. The zero-order valence-electron chi connectivity index (χ0n) is 30.5. The van der Waals surface area contributed by atoms with Crippen molar-refractivity contribution < 1.29 is 28.9 Å². The molecule has 6 heteroatoms. The number of aliphatic hydroxyl groups is 1. The minimum absolute atomic E-state index is 0.0901. The topological polar surface area (TPSA) is 85.4 Å². The van der Waals surface area contributed by atoms with Gasteiger partial charge in [0.25, 0.3) is 0 Å². The van der Waals surface area contributed by atoms with E-state index in [4.69, 9.17) is 14.2 Å². The molecule has 0 aromatic heterocycles. The van der Waals surface area contributed by atoms with Crippen LogP contribution in [0.1, 0.15) is 181 Å². The first-order valence-electron chi connectivity index (χ1n) is 19.7. The van der Waals surface area contributed by atoms with Crippen LogP contribution in [0.2, 0.25) is 0 Å². The van der Waals surface area contributed by atoms with Crippen molar-refractivity contribution in [2.45, 2.75) is 199 Å². The Kier molecular flexibility index (Phi) is 29.9. The van der Waals surface area contributed by atoms with E-state index < -0.39 is 6.10 Å². The van der Waals surface area contributed by atoms with Crippen molar-refractivity contribution in [3.05, 3.63) is 36.5 Å². The fraction of sp³-hybridized carbons (Fsp3) is 0.805. The lowest BCUT2D eigenvalue weighted by Crippen LogP contribution is -2.28. The Morgan fingerprint density at radius 1 is 0.596 bits per heavy atom. The highest BCUT2D eigenvalue weighted by atomic mass is 16.6. The predicted molar refractivity (Wildman–Crippen MR) is 195 cm³/mol. The second-order valence-electron chi connectivity index (χ2n) is 13.4. The summed E-state index contributed by atoms with van der Waals surface area (Å²) < 4.78 is 16.3. The van der Waals surface area contributed by atoms with Crippen molar-refractivity contribution in [3.8, 4) is 0 Å². The molecule has 0 amide bonds. The van der Waals surface area contributed by atoms with E-state index in [2.05, 4.69) is 50.3 Å². The molecule has 1 rings (SSSR count). The first kappa shape index (κ1) is 43.1. The van der Waals surface area contributed by atoms with Gasteiger partial charge in [0.05, 0.1) is 18.8 Å². The lowest BCUT2D eigenvalue weighted by molar-refractivity contribution is -0.161. The molecule has 0 bridgehead atoms. The summed E-state index contributed by atoms with van der Waals surface area (Å²) in [7, 11) is 0. The number of hydrogen-bond acceptors (Lipinski definition) is 6. The van der Waals surface area contributed by atoms with Crippen LogP contribution in [0.5, 0.6) is 0 Å². The van der Waals surface area contributed by atoms with Gasteiger partial charge < -0.3 is 19.3 Å². The third kappa shape index (κ3) is 28.8. The van der Waals surface area contributed by atoms with Crippen molar-refractivity contribution in [2.24, 2.45) is 0 Å². The van der Waals surface area contributed by atoms with E-state index >= 15 is 0 Å². The normalized spacial score (nSPS) is 16.8. The Labute approximate surface area is 289 Å². The van der Waals surface area contributed by atoms with E-state index in [1.165, 1.54) is 103 Å². The maximum Gasteiger partial charge on any atom is 0.306 e. The van der Waals surface area contributed by atoms with Crippen LogP contribution >= 0.6 is 0 Å². The van der Waals surface area contributed by atoms with Gasteiger partial charge in [-0.25, -0.2) is 0 Å². The van der Waals surface area contributed by atoms with E-state index in [1.807, 2.05) is 0 Å². The number of allylic oxidation sites excluding steroid dienone is 4. The lowest BCUT2D eigenvalue weighted by atomic mass is 10.0. The Bertz CT molecular complexity index is 819. The van der Waals surface area contributed by atoms with Gasteiger partial charge in [0.15, 0.2) is 6.10 Å². The number of esters is 2. The van der Waals surface area contributed by atoms with Gasteiger partial charge >= 0.3 is 11.9 Å². The molecule has 0 radical (unpaired) electrons. The third-order valence-corrected chi connectivity index (χ3v) is 8.84. The molecule has 1 N–H and O–H groups in total. The van der Waals surface area contributed by atoms with E-state index in [0.29, 0.717) is 25.0 Å². The number of hydrogen-bond donors (Lipinski definition) is 1. The second-order valence-corrected chi connectivity index (χ2v) is 13.4. The van der Waals surface area contributed by atoms with Crippen molar-refractivity contribution in [3.63, 3.8) is 0 Å². The number of rotatable bonds is 34. The smallest absolute Gasteiger partial charge is 0.306 e. The second kappa shape index (κ2) is 32.6.